The van der Waals surface area contributed by atoms with E-state index in [-0.39, 0.29) is 0 Å². The predicted molar refractivity (Wildman–Crippen MR) is 141 cm³/mol. The molecule has 0 bridgehead atoms. The Hall–Kier alpha value is 0.200. The third-order valence-corrected chi connectivity index (χ3v) is 49.7. The first-order valence-electron chi connectivity index (χ1n) is 11.7. The van der Waals surface area contributed by atoms with Crippen molar-refractivity contribution in [2.24, 2.45) is 0 Å². The normalized spacial score (nSPS) is 20.9. The van der Waals surface area contributed by atoms with Crippen molar-refractivity contribution in [1.82, 2.24) is 0 Å². The van der Waals surface area contributed by atoms with Crippen LogP contribution in [-0.4, -0.2) is 45.8 Å². The maximum absolute atomic E-state index is 19.1. The Labute approximate surface area is 202 Å². The van der Waals surface area contributed by atoms with Crippen LogP contribution in [0, 0.1) is 29.1 Å². The van der Waals surface area contributed by atoms with Crippen LogP contribution in [0.2, 0.25) is 85.6 Å². The van der Waals surface area contributed by atoms with E-state index in [0.717, 1.165) is 0 Å². The minimum atomic E-state index is -5.34. The van der Waals surface area contributed by atoms with Crippen molar-refractivity contribution in [1.29, 1.82) is 0 Å². The predicted octanol–water partition coefficient (Wildman–Crippen LogP) is 8.29. The van der Waals surface area contributed by atoms with Crippen LogP contribution in [-0.2, 0) is 0 Å². The molecule has 0 aliphatic carbocycles. The second kappa shape index (κ2) is 8.10. The van der Waals surface area contributed by atoms with Gasteiger partial charge in [0.25, 0.3) is 0 Å². The van der Waals surface area contributed by atoms with E-state index >= 15 is 12.3 Å². The highest BCUT2D eigenvalue weighted by Crippen LogP contribution is 2.76. The third-order valence-electron chi connectivity index (χ3n) is 9.27. The molecule has 0 atom stereocenters. The van der Waals surface area contributed by atoms with Gasteiger partial charge in [-0.25, -0.2) is 22.0 Å². The van der Waals surface area contributed by atoms with Gasteiger partial charge in [-0.2, -0.15) is 0 Å². The van der Waals surface area contributed by atoms with Crippen LogP contribution in [0.1, 0.15) is 12.8 Å². The van der Waals surface area contributed by atoms with Crippen LogP contribution in [0.4, 0.5) is 25.5 Å². The molecule has 0 saturated carbocycles. The van der Waals surface area contributed by atoms with Gasteiger partial charge in [-0.1, -0.05) is 91.4 Å². The molecule has 1 aromatic carbocycles. The summed E-state index contributed by atoms with van der Waals surface area (Å²) < 4.78 is 90.9. The van der Waals surface area contributed by atoms with Gasteiger partial charge in [-0.3, -0.25) is 0 Å². The van der Waals surface area contributed by atoms with E-state index in [2.05, 4.69) is 0 Å². The van der Waals surface area contributed by atoms with Crippen molar-refractivity contribution in [3.63, 3.8) is 0 Å². The lowest BCUT2D eigenvalue weighted by molar-refractivity contribution is 0.382. The van der Waals surface area contributed by atoms with Crippen LogP contribution in [0.25, 0.3) is 0 Å². The quantitative estimate of drug-likeness (QED) is 0.148. The monoisotopic (exact) mass is 557 g/mol. The summed E-state index contributed by atoms with van der Waals surface area (Å²) in [5.41, 5.74) is 0. The molecule has 0 amide bonds. The largest absolute Gasteiger partial charge is 0.588 e. The summed E-state index contributed by atoms with van der Waals surface area (Å²) in [6, 6.07) is 0. The first kappa shape index (κ1) is 29.4. The second-order valence-electron chi connectivity index (χ2n) is 14.2. The van der Waals surface area contributed by atoms with Crippen LogP contribution in [0.5, 0.6) is 0 Å². The Balaban J connectivity index is 3.39. The molecule has 1 fully saturated rings. The molecule has 0 nitrogen and oxygen atoms in total. The van der Waals surface area contributed by atoms with Crippen LogP contribution < -0.4 is 4.43 Å². The summed E-state index contributed by atoms with van der Waals surface area (Å²) in [5.74, 6) is -10.0. The van der Waals surface area contributed by atoms with Gasteiger partial charge in [-0.05, 0) is 0 Å². The van der Waals surface area contributed by atoms with Crippen LogP contribution in [0.15, 0.2) is 0 Å². The summed E-state index contributed by atoms with van der Waals surface area (Å²) in [4.78, 5) is 0. The van der Waals surface area contributed by atoms with Gasteiger partial charge in [-0.15, -0.1) is 11.5 Å². The fourth-order valence-corrected chi connectivity index (χ4v) is 59.7. The van der Waals surface area contributed by atoms with E-state index in [0.29, 0.717) is 12.8 Å². The molecule has 0 spiro atoms. The molecule has 11 heteroatoms. The van der Waals surface area contributed by atoms with Crippen molar-refractivity contribution < 1.29 is 25.5 Å². The molecule has 1 aliphatic heterocycles. The molecule has 0 aromatic heterocycles. The van der Waals surface area contributed by atoms with E-state index < -0.39 is 86.4 Å². The van der Waals surface area contributed by atoms with Crippen molar-refractivity contribution in [2.75, 3.05) is 0 Å². The highest BCUT2D eigenvalue weighted by Gasteiger charge is 2.79. The lowest BCUT2D eigenvalue weighted by Gasteiger charge is -2.68. The fraction of sp³-hybridized carbons (Fsp3) is 0.727. The summed E-state index contributed by atoms with van der Waals surface area (Å²) in [6.07, 6.45) is 0.987. The lowest BCUT2D eigenvalue weighted by atomic mass is 10.3. The summed E-state index contributed by atoms with van der Waals surface area (Å²) >= 11 is -5.34. The maximum atomic E-state index is 19.1. The average Bonchev–Trinajstić information content (AvgIpc) is 2.89. The van der Waals surface area contributed by atoms with Crippen LogP contribution >= 0.6 is 0 Å². The molecular formula is C22H40AlF6Si4-. The van der Waals surface area contributed by atoms with Crippen molar-refractivity contribution in [3.05, 3.63) is 29.1 Å². The molecule has 33 heavy (non-hydrogen) atoms. The second-order valence-corrected chi connectivity index (χ2v) is 43.1. The lowest BCUT2D eigenvalue weighted by Crippen LogP contribution is -2.79. The molecule has 2 rings (SSSR count). The standard InChI is InChI=1S/C16H40Si4.C6F5.Al.FH/c1-17(2,3)15(18(4,5)6)13-14-16(19(7,8)9)20(10,11)12;7-2-1-3(8)5(10)6(11)4(2)9;;/h13-14H2,1-12H3;;;1H/p-1. The summed E-state index contributed by atoms with van der Waals surface area (Å²) in [7, 11) is -10.1. The smallest absolute Gasteiger partial charge is 0.376 e. The van der Waals surface area contributed by atoms with Gasteiger partial charge in [0, 0.05) is 32.3 Å². The first-order valence-corrected chi connectivity index (χ1v) is 27.9. The van der Waals surface area contributed by atoms with E-state index in [1.54, 1.807) is 0 Å². The molecule has 190 valence electrons. The van der Waals surface area contributed by atoms with Crippen molar-refractivity contribution >= 4 is 50.3 Å². The van der Waals surface area contributed by atoms with Crippen LogP contribution in [0.3, 0.4) is 0 Å². The van der Waals surface area contributed by atoms with Gasteiger partial charge in [0.05, 0.1) is 0 Å². The topological polar surface area (TPSA) is 0 Å². The Morgan fingerprint density at radius 3 is 0.909 bits per heavy atom. The summed E-state index contributed by atoms with van der Waals surface area (Å²) in [5, 5.41) is 0. The number of rotatable bonds is 5. The molecule has 1 saturated heterocycles. The zero-order valence-corrected chi connectivity index (χ0v) is 27.4. The molecule has 1 aliphatic rings. The van der Waals surface area contributed by atoms with E-state index in [9.17, 15) is 13.2 Å². The zero-order valence-electron chi connectivity index (χ0n) is 22.3. The number of halogens is 6. The Morgan fingerprint density at radius 1 is 0.485 bits per heavy atom. The average molecular weight is 558 g/mol. The van der Waals surface area contributed by atoms with Gasteiger partial charge < -0.3 is 3.52 Å². The minimum Gasteiger partial charge on any atom is -0.588 e. The zero-order chi connectivity index (χ0) is 26.4. The number of hydrogen-bond acceptors (Lipinski definition) is 0. The molecule has 0 unspecified atom stereocenters. The van der Waals surface area contributed by atoms with Crippen molar-refractivity contribution in [3.8, 4) is 0 Å². The Bertz CT molecular complexity index is 857. The van der Waals surface area contributed by atoms with Gasteiger partial charge in [0.15, 0.2) is 17.5 Å². The Kier molecular flexibility index (Phi) is 7.23. The van der Waals surface area contributed by atoms with Gasteiger partial charge >= 0.3 is 13.5 Å². The Morgan fingerprint density at radius 2 is 0.697 bits per heavy atom. The van der Waals surface area contributed by atoms with E-state index in [1.807, 2.05) is 78.6 Å². The maximum Gasteiger partial charge on any atom is 0.376 e. The third kappa shape index (κ3) is 3.53. The number of benzene rings is 1. The highest BCUT2D eigenvalue weighted by molar-refractivity contribution is 7.28. The molecule has 0 N–H and O–H groups in total. The minimum absolute atomic E-state index is 0.494. The SMILES string of the molecule is C[Si](C)(C)[C]1([Si](C)(C)C)CC[C]([Si](C)(C)C)([Si](C)(C)C)[Al-]1([F])[c]1c(F)c(F)c(F)c(F)c1F. The number of hydrogen-bond donors (Lipinski definition) is 0. The summed E-state index contributed by atoms with van der Waals surface area (Å²) in [6.45, 7) is 24.5. The molecule has 0 radical (unpaired) electrons. The van der Waals surface area contributed by atoms with Gasteiger partial charge in [0.1, 0.15) is 11.6 Å². The molecular weight excluding hydrogens is 518 g/mol. The molecule has 1 aromatic rings. The van der Waals surface area contributed by atoms with E-state index in [4.69, 9.17) is 0 Å². The fourth-order valence-electron chi connectivity index (χ4n) is 8.81. The van der Waals surface area contributed by atoms with Crippen molar-refractivity contribution in [2.45, 2.75) is 98.5 Å². The van der Waals surface area contributed by atoms with E-state index in [1.165, 1.54) is 0 Å². The highest BCUT2D eigenvalue weighted by atomic mass is 28.4. The first-order chi connectivity index (χ1) is 14.4. The molecule has 1 heterocycles. The van der Waals surface area contributed by atoms with Gasteiger partial charge in [0.2, 0.25) is 0 Å².